The highest BCUT2D eigenvalue weighted by Crippen LogP contribution is 2.49. The Balaban J connectivity index is 1.41. The highest BCUT2D eigenvalue weighted by molar-refractivity contribution is 6.29. The molecular weight excluding hydrogens is 553 g/mol. The Morgan fingerprint density at radius 2 is 0.565 bits per heavy atom. The molecular formula is C46H28. The number of rotatable bonds is 2. The summed E-state index contributed by atoms with van der Waals surface area (Å²) in [5.74, 6) is 0. The third-order valence-electron chi connectivity index (χ3n) is 9.95. The van der Waals surface area contributed by atoms with Crippen LogP contribution in [-0.4, -0.2) is 0 Å². The van der Waals surface area contributed by atoms with Crippen molar-refractivity contribution in [3.05, 3.63) is 170 Å². The molecule has 0 aromatic heterocycles. The summed E-state index contributed by atoms with van der Waals surface area (Å²) in [4.78, 5) is 0. The fourth-order valence-electron chi connectivity index (χ4n) is 7.97. The molecule has 0 atom stereocenters. The predicted molar refractivity (Wildman–Crippen MR) is 200 cm³/mol. The van der Waals surface area contributed by atoms with E-state index in [2.05, 4.69) is 170 Å². The van der Waals surface area contributed by atoms with E-state index in [1.54, 1.807) is 0 Å². The lowest BCUT2D eigenvalue weighted by Gasteiger charge is -2.21. The standard InChI is InChI=1S/C46H28/c1-2-14-30-27-42-33(25-29(30)13-1)28-43(37-20-8-7-19-36(37)42)44-38-21-9-11-23-40(38)46(41-24-12-10-22-39(41)44)45-34-17-5-3-15-31(34)26-32-16-4-6-18-35(32)45/h1-28H. The van der Waals surface area contributed by atoms with Gasteiger partial charge in [0.2, 0.25) is 0 Å². The minimum absolute atomic E-state index is 1.26. The highest BCUT2D eigenvalue weighted by atomic mass is 14.2. The molecule has 10 rings (SSSR count). The van der Waals surface area contributed by atoms with Gasteiger partial charge in [0.25, 0.3) is 0 Å². The summed E-state index contributed by atoms with van der Waals surface area (Å²) < 4.78 is 0. The third kappa shape index (κ3) is 3.62. The zero-order valence-electron chi connectivity index (χ0n) is 25.2. The molecule has 0 aliphatic rings. The molecule has 10 aromatic carbocycles. The summed E-state index contributed by atoms with van der Waals surface area (Å²) in [5, 5.41) is 17.9. The zero-order valence-corrected chi connectivity index (χ0v) is 25.2. The summed E-state index contributed by atoms with van der Waals surface area (Å²) in [6, 6.07) is 62.9. The van der Waals surface area contributed by atoms with E-state index < -0.39 is 0 Å². The van der Waals surface area contributed by atoms with Crippen LogP contribution in [0.2, 0.25) is 0 Å². The van der Waals surface area contributed by atoms with Crippen molar-refractivity contribution in [3.8, 4) is 22.3 Å². The number of hydrogen-bond donors (Lipinski definition) is 0. The summed E-state index contributed by atoms with van der Waals surface area (Å²) in [6.07, 6.45) is 0. The molecule has 0 nitrogen and oxygen atoms in total. The van der Waals surface area contributed by atoms with E-state index in [0.717, 1.165) is 0 Å². The molecule has 0 heteroatoms. The minimum Gasteiger partial charge on any atom is -0.0616 e. The van der Waals surface area contributed by atoms with Crippen LogP contribution >= 0.6 is 0 Å². The number of hydrogen-bond acceptors (Lipinski definition) is 0. The molecule has 0 bridgehead atoms. The molecule has 0 amide bonds. The van der Waals surface area contributed by atoms with Crippen LogP contribution in [0.4, 0.5) is 0 Å². The lowest BCUT2D eigenvalue weighted by atomic mass is 9.81. The first-order valence-corrected chi connectivity index (χ1v) is 16.0. The van der Waals surface area contributed by atoms with Crippen LogP contribution < -0.4 is 0 Å². The number of benzene rings is 10. The molecule has 46 heavy (non-hydrogen) atoms. The van der Waals surface area contributed by atoms with Crippen LogP contribution in [-0.2, 0) is 0 Å². The summed E-state index contributed by atoms with van der Waals surface area (Å²) in [6.45, 7) is 0. The van der Waals surface area contributed by atoms with Gasteiger partial charge in [0.15, 0.2) is 0 Å². The third-order valence-corrected chi connectivity index (χ3v) is 9.95. The van der Waals surface area contributed by atoms with Gasteiger partial charge in [-0.1, -0.05) is 146 Å². The van der Waals surface area contributed by atoms with Crippen molar-refractivity contribution in [2.45, 2.75) is 0 Å². The van der Waals surface area contributed by atoms with E-state index >= 15 is 0 Å². The molecule has 10 aromatic rings. The van der Waals surface area contributed by atoms with E-state index in [0.29, 0.717) is 0 Å². The molecule has 0 unspecified atom stereocenters. The van der Waals surface area contributed by atoms with Crippen molar-refractivity contribution in [1.29, 1.82) is 0 Å². The zero-order chi connectivity index (χ0) is 30.2. The maximum atomic E-state index is 2.44. The molecule has 0 aliphatic heterocycles. The molecule has 0 saturated carbocycles. The predicted octanol–water partition coefficient (Wildman–Crippen LogP) is 13.1. The first-order chi connectivity index (χ1) is 22.8. The average molecular weight is 581 g/mol. The van der Waals surface area contributed by atoms with E-state index in [1.165, 1.54) is 97.7 Å². The summed E-state index contributed by atoms with van der Waals surface area (Å²) in [7, 11) is 0. The van der Waals surface area contributed by atoms with Crippen molar-refractivity contribution in [3.63, 3.8) is 0 Å². The normalized spacial score (nSPS) is 11.9. The lowest BCUT2D eigenvalue weighted by molar-refractivity contribution is 1.71. The topological polar surface area (TPSA) is 0 Å². The second-order valence-electron chi connectivity index (χ2n) is 12.4. The van der Waals surface area contributed by atoms with Gasteiger partial charge in [-0.3, -0.25) is 0 Å². The van der Waals surface area contributed by atoms with Gasteiger partial charge in [-0.05, 0) is 122 Å². The van der Waals surface area contributed by atoms with Crippen molar-refractivity contribution in [1.82, 2.24) is 0 Å². The Kier molecular flexibility index (Phi) is 5.38. The van der Waals surface area contributed by atoms with Crippen molar-refractivity contribution in [2.24, 2.45) is 0 Å². The molecule has 0 radical (unpaired) electrons. The van der Waals surface area contributed by atoms with Crippen LogP contribution in [0.15, 0.2) is 170 Å². The van der Waals surface area contributed by atoms with Gasteiger partial charge in [-0.15, -0.1) is 0 Å². The SMILES string of the molecule is c1ccc2cc3c(cc(-c4c5ccccc5c(-c5c6ccccc6cc6ccccc56)c5ccccc45)c4ccccc43)cc2c1. The molecule has 0 N–H and O–H groups in total. The molecule has 0 saturated heterocycles. The van der Waals surface area contributed by atoms with Crippen LogP contribution in [0.3, 0.4) is 0 Å². The van der Waals surface area contributed by atoms with E-state index in [9.17, 15) is 0 Å². The first-order valence-electron chi connectivity index (χ1n) is 16.0. The average Bonchev–Trinajstić information content (AvgIpc) is 3.12. The minimum atomic E-state index is 1.26. The highest BCUT2D eigenvalue weighted by Gasteiger charge is 2.21. The number of fused-ring (bicyclic) bond motifs is 8. The van der Waals surface area contributed by atoms with Gasteiger partial charge >= 0.3 is 0 Å². The molecule has 0 heterocycles. The quantitative estimate of drug-likeness (QED) is 0.141. The van der Waals surface area contributed by atoms with E-state index in [4.69, 9.17) is 0 Å². The van der Waals surface area contributed by atoms with Crippen LogP contribution in [0.1, 0.15) is 0 Å². The Morgan fingerprint density at radius 3 is 1.13 bits per heavy atom. The van der Waals surface area contributed by atoms with Gasteiger partial charge in [0, 0.05) is 0 Å². The van der Waals surface area contributed by atoms with Crippen LogP contribution in [0.25, 0.3) is 97.7 Å². The Hall–Kier alpha value is -5.98. The summed E-state index contributed by atoms with van der Waals surface area (Å²) in [5.41, 5.74) is 5.19. The maximum absolute atomic E-state index is 2.44. The Morgan fingerprint density at radius 1 is 0.196 bits per heavy atom. The monoisotopic (exact) mass is 580 g/mol. The fourth-order valence-corrected chi connectivity index (χ4v) is 7.97. The van der Waals surface area contributed by atoms with Gasteiger partial charge in [0.1, 0.15) is 0 Å². The van der Waals surface area contributed by atoms with Crippen LogP contribution in [0.5, 0.6) is 0 Å². The molecule has 0 aliphatic carbocycles. The molecule has 0 fully saturated rings. The van der Waals surface area contributed by atoms with Crippen molar-refractivity contribution in [2.75, 3.05) is 0 Å². The molecule has 0 spiro atoms. The van der Waals surface area contributed by atoms with Crippen LogP contribution in [0, 0.1) is 0 Å². The van der Waals surface area contributed by atoms with Gasteiger partial charge in [-0.25, -0.2) is 0 Å². The second-order valence-corrected chi connectivity index (χ2v) is 12.4. The maximum Gasteiger partial charge on any atom is -0.00139 e. The van der Waals surface area contributed by atoms with E-state index in [1.807, 2.05) is 0 Å². The smallest absolute Gasteiger partial charge is 0.00139 e. The lowest BCUT2D eigenvalue weighted by Crippen LogP contribution is -1.94. The van der Waals surface area contributed by atoms with Crippen molar-refractivity contribution < 1.29 is 0 Å². The Labute approximate surface area is 266 Å². The Bertz CT molecular complexity index is 2740. The second kappa shape index (κ2) is 9.76. The fraction of sp³-hybridized carbons (Fsp3) is 0. The summed E-state index contributed by atoms with van der Waals surface area (Å²) >= 11 is 0. The largest absolute Gasteiger partial charge is 0.0616 e. The van der Waals surface area contributed by atoms with Gasteiger partial charge in [0.05, 0.1) is 0 Å². The first kappa shape index (κ1) is 25.4. The van der Waals surface area contributed by atoms with Gasteiger partial charge in [-0.2, -0.15) is 0 Å². The van der Waals surface area contributed by atoms with Gasteiger partial charge < -0.3 is 0 Å². The molecule has 212 valence electrons. The van der Waals surface area contributed by atoms with E-state index in [-0.39, 0.29) is 0 Å². The van der Waals surface area contributed by atoms with Crippen molar-refractivity contribution >= 4 is 75.4 Å².